The second-order valence-corrected chi connectivity index (χ2v) is 3.91. The van der Waals surface area contributed by atoms with Crippen molar-refractivity contribution in [3.8, 4) is 11.8 Å². The molecule has 0 aromatic heterocycles. The SMILES string of the molecule is N#Cc1ccc(OC(=O)Cc2ccc(F)cc2)cc1. The standard InChI is InChI=1S/C15H10FNO2/c16-13-5-1-11(2-6-13)9-15(18)19-14-7-3-12(10-17)4-8-14/h1-8H,9H2. The lowest BCUT2D eigenvalue weighted by atomic mass is 10.1. The molecule has 0 N–H and O–H groups in total. The van der Waals surface area contributed by atoms with Crippen molar-refractivity contribution in [2.75, 3.05) is 0 Å². The second-order valence-electron chi connectivity index (χ2n) is 3.91. The normalized spacial score (nSPS) is 9.68. The maximum absolute atomic E-state index is 12.7. The van der Waals surface area contributed by atoms with Crippen molar-refractivity contribution >= 4 is 5.97 Å². The predicted molar refractivity (Wildman–Crippen MR) is 66.9 cm³/mol. The summed E-state index contributed by atoms with van der Waals surface area (Å²) in [7, 11) is 0. The van der Waals surface area contributed by atoms with Crippen LogP contribution in [0.15, 0.2) is 48.5 Å². The molecule has 2 aromatic carbocycles. The fourth-order valence-corrected chi connectivity index (χ4v) is 1.53. The summed E-state index contributed by atoms with van der Waals surface area (Å²) < 4.78 is 17.8. The molecule has 0 radical (unpaired) electrons. The van der Waals surface area contributed by atoms with Gasteiger partial charge in [0.1, 0.15) is 11.6 Å². The molecule has 0 saturated heterocycles. The average Bonchev–Trinajstić information content (AvgIpc) is 2.42. The first-order chi connectivity index (χ1) is 9.17. The lowest BCUT2D eigenvalue weighted by Crippen LogP contribution is -2.11. The molecule has 0 aliphatic heterocycles. The third-order valence-electron chi connectivity index (χ3n) is 2.48. The van der Waals surface area contributed by atoms with E-state index in [-0.39, 0.29) is 12.2 Å². The number of ether oxygens (including phenoxy) is 1. The number of carbonyl (C=O) groups excluding carboxylic acids is 1. The summed E-state index contributed by atoms with van der Waals surface area (Å²) in [5.41, 5.74) is 1.18. The van der Waals surface area contributed by atoms with Gasteiger partial charge in [-0.25, -0.2) is 4.39 Å². The molecule has 2 aromatic rings. The first kappa shape index (κ1) is 12.8. The van der Waals surface area contributed by atoms with E-state index in [2.05, 4.69) is 0 Å². The van der Waals surface area contributed by atoms with E-state index >= 15 is 0 Å². The van der Waals surface area contributed by atoms with Crippen molar-refractivity contribution in [1.82, 2.24) is 0 Å². The van der Waals surface area contributed by atoms with E-state index in [0.29, 0.717) is 16.9 Å². The topological polar surface area (TPSA) is 50.1 Å². The number of hydrogen-bond donors (Lipinski definition) is 0. The highest BCUT2D eigenvalue weighted by Crippen LogP contribution is 2.13. The average molecular weight is 255 g/mol. The number of nitriles is 1. The molecule has 0 aliphatic rings. The summed E-state index contributed by atoms with van der Waals surface area (Å²) in [6, 6.07) is 13.9. The van der Waals surface area contributed by atoms with E-state index in [4.69, 9.17) is 10.00 Å². The number of carbonyl (C=O) groups is 1. The van der Waals surface area contributed by atoms with Crippen LogP contribution in [0.2, 0.25) is 0 Å². The highest BCUT2D eigenvalue weighted by atomic mass is 19.1. The van der Waals surface area contributed by atoms with Gasteiger partial charge in [-0.15, -0.1) is 0 Å². The summed E-state index contributed by atoms with van der Waals surface area (Å²) >= 11 is 0. The van der Waals surface area contributed by atoms with E-state index in [0.717, 1.165) is 0 Å². The zero-order chi connectivity index (χ0) is 13.7. The molecule has 0 heterocycles. The predicted octanol–water partition coefficient (Wildman–Crippen LogP) is 2.85. The number of halogens is 1. The Labute approximate surface area is 109 Å². The molecule has 0 bridgehead atoms. The Kier molecular flexibility index (Phi) is 3.89. The minimum atomic E-state index is -0.434. The molecule has 0 spiro atoms. The summed E-state index contributed by atoms with van der Waals surface area (Å²) in [4.78, 5) is 11.6. The second kappa shape index (κ2) is 5.78. The van der Waals surface area contributed by atoms with Gasteiger partial charge in [0, 0.05) is 0 Å². The number of rotatable bonds is 3. The van der Waals surface area contributed by atoms with Crippen molar-refractivity contribution in [3.63, 3.8) is 0 Å². The smallest absolute Gasteiger partial charge is 0.315 e. The lowest BCUT2D eigenvalue weighted by molar-refractivity contribution is -0.133. The van der Waals surface area contributed by atoms with Crippen LogP contribution in [0.1, 0.15) is 11.1 Å². The summed E-state index contributed by atoms with van der Waals surface area (Å²) in [5.74, 6) is -0.397. The molecule has 94 valence electrons. The fraction of sp³-hybridized carbons (Fsp3) is 0.0667. The van der Waals surface area contributed by atoms with Crippen molar-refractivity contribution in [3.05, 3.63) is 65.5 Å². The van der Waals surface area contributed by atoms with Crippen molar-refractivity contribution in [2.45, 2.75) is 6.42 Å². The van der Waals surface area contributed by atoms with Crippen LogP contribution in [0, 0.1) is 17.1 Å². The Morgan fingerprint density at radius 3 is 2.32 bits per heavy atom. The van der Waals surface area contributed by atoms with Crippen LogP contribution in [0.25, 0.3) is 0 Å². The van der Waals surface area contributed by atoms with Crippen LogP contribution in [0.3, 0.4) is 0 Å². The van der Waals surface area contributed by atoms with Gasteiger partial charge in [0.2, 0.25) is 0 Å². The minimum absolute atomic E-state index is 0.0697. The van der Waals surface area contributed by atoms with Crippen LogP contribution in [0.4, 0.5) is 4.39 Å². The first-order valence-corrected chi connectivity index (χ1v) is 5.62. The molecular weight excluding hydrogens is 245 g/mol. The molecule has 0 fully saturated rings. The molecule has 0 atom stereocenters. The van der Waals surface area contributed by atoms with E-state index in [9.17, 15) is 9.18 Å². The Morgan fingerprint density at radius 2 is 1.74 bits per heavy atom. The third-order valence-corrected chi connectivity index (χ3v) is 2.48. The van der Waals surface area contributed by atoms with E-state index < -0.39 is 5.97 Å². The van der Waals surface area contributed by atoms with Crippen LogP contribution in [-0.4, -0.2) is 5.97 Å². The molecule has 2 rings (SSSR count). The van der Waals surface area contributed by atoms with Crippen LogP contribution in [-0.2, 0) is 11.2 Å². The number of benzene rings is 2. The number of nitrogens with zero attached hydrogens (tertiary/aromatic N) is 1. The molecular formula is C15H10FNO2. The van der Waals surface area contributed by atoms with Gasteiger partial charge < -0.3 is 4.74 Å². The Balaban J connectivity index is 1.97. The van der Waals surface area contributed by atoms with Gasteiger partial charge in [-0.1, -0.05) is 12.1 Å². The van der Waals surface area contributed by atoms with Gasteiger partial charge in [0.25, 0.3) is 0 Å². The van der Waals surface area contributed by atoms with Crippen molar-refractivity contribution in [2.24, 2.45) is 0 Å². The zero-order valence-electron chi connectivity index (χ0n) is 9.97. The molecule has 0 amide bonds. The molecule has 3 nitrogen and oxygen atoms in total. The van der Waals surface area contributed by atoms with Gasteiger partial charge in [-0.3, -0.25) is 4.79 Å². The van der Waals surface area contributed by atoms with Gasteiger partial charge in [-0.2, -0.15) is 5.26 Å². The lowest BCUT2D eigenvalue weighted by Gasteiger charge is -2.04. The quantitative estimate of drug-likeness (QED) is 0.626. The molecule has 0 saturated carbocycles. The van der Waals surface area contributed by atoms with Gasteiger partial charge >= 0.3 is 5.97 Å². The Bertz CT molecular complexity index is 612. The molecule has 4 heteroatoms. The van der Waals surface area contributed by atoms with Crippen molar-refractivity contribution < 1.29 is 13.9 Å². The largest absolute Gasteiger partial charge is 0.426 e. The van der Waals surface area contributed by atoms with Crippen LogP contribution in [0.5, 0.6) is 5.75 Å². The monoisotopic (exact) mass is 255 g/mol. The third kappa shape index (κ3) is 3.65. The molecule has 19 heavy (non-hydrogen) atoms. The first-order valence-electron chi connectivity index (χ1n) is 5.62. The van der Waals surface area contributed by atoms with Gasteiger partial charge in [0.05, 0.1) is 18.1 Å². The summed E-state index contributed by atoms with van der Waals surface area (Å²) in [6.07, 6.45) is 0.0697. The van der Waals surface area contributed by atoms with Crippen LogP contribution >= 0.6 is 0 Å². The maximum atomic E-state index is 12.7. The summed E-state index contributed by atoms with van der Waals surface area (Å²) in [6.45, 7) is 0. The van der Waals surface area contributed by atoms with E-state index in [1.807, 2.05) is 6.07 Å². The van der Waals surface area contributed by atoms with Crippen LogP contribution < -0.4 is 4.74 Å². The Morgan fingerprint density at radius 1 is 1.11 bits per heavy atom. The number of hydrogen-bond acceptors (Lipinski definition) is 3. The molecule has 0 unspecified atom stereocenters. The highest BCUT2D eigenvalue weighted by Gasteiger charge is 2.06. The maximum Gasteiger partial charge on any atom is 0.315 e. The highest BCUT2D eigenvalue weighted by molar-refractivity contribution is 5.75. The van der Waals surface area contributed by atoms with Gasteiger partial charge in [-0.05, 0) is 42.0 Å². The number of esters is 1. The fourth-order valence-electron chi connectivity index (χ4n) is 1.53. The van der Waals surface area contributed by atoms with E-state index in [1.54, 1.807) is 24.3 Å². The minimum Gasteiger partial charge on any atom is -0.426 e. The zero-order valence-corrected chi connectivity index (χ0v) is 9.97. The summed E-state index contributed by atoms with van der Waals surface area (Å²) in [5, 5.41) is 8.64. The Hall–Kier alpha value is -2.67. The van der Waals surface area contributed by atoms with E-state index in [1.165, 1.54) is 24.3 Å². The van der Waals surface area contributed by atoms with Crippen molar-refractivity contribution in [1.29, 1.82) is 5.26 Å². The van der Waals surface area contributed by atoms with Gasteiger partial charge in [0.15, 0.2) is 0 Å². The molecule has 0 aliphatic carbocycles.